The van der Waals surface area contributed by atoms with E-state index in [4.69, 9.17) is 4.98 Å². The van der Waals surface area contributed by atoms with Gasteiger partial charge in [-0.05, 0) is 42.7 Å². The molecule has 2 aromatic rings. The van der Waals surface area contributed by atoms with Gasteiger partial charge in [0.2, 0.25) is 5.91 Å². The van der Waals surface area contributed by atoms with Gasteiger partial charge in [-0.1, -0.05) is 6.07 Å². The average molecular weight is 420 g/mol. The van der Waals surface area contributed by atoms with Gasteiger partial charge in [-0.15, -0.1) is 0 Å². The topological polar surface area (TPSA) is 71.3 Å². The van der Waals surface area contributed by atoms with Crippen molar-refractivity contribution in [2.45, 2.75) is 58.2 Å². The number of pyridine rings is 1. The van der Waals surface area contributed by atoms with Gasteiger partial charge < -0.3 is 4.90 Å². The summed E-state index contributed by atoms with van der Waals surface area (Å²) in [5.74, 6) is 1.61. The lowest BCUT2D eigenvalue weighted by Gasteiger charge is -2.38. The number of hydrogen-bond acceptors (Lipinski definition) is 5. The SMILES string of the molecule is O=C(C1CC1)N1CCC2(CC1)Cc1nc3c(c(=O)n1C2)CN(Cc1cccnc1)CC3. The van der Waals surface area contributed by atoms with Crippen LogP contribution in [0.4, 0.5) is 0 Å². The first-order chi connectivity index (χ1) is 15.1. The van der Waals surface area contributed by atoms with Crippen molar-refractivity contribution in [2.24, 2.45) is 11.3 Å². The predicted molar refractivity (Wildman–Crippen MR) is 115 cm³/mol. The molecular formula is C24H29N5O2. The van der Waals surface area contributed by atoms with Gasteiger partial charge in [0.25, 0.3) is 5.56 Å². The van der Waals surface area contributed by atoms with Crippen molar-refractivity contribution in [3.63, 3.8) is 0 Å². The molecule has 2 fully saturated rings. The monoisotopic (exact) mass is 419 g/mol. The van der Waals surface area contributed by atoms with Crippen LogP contribution in [0.15, 0.2) is 29.3 Å². The van der Waals surface area contributed by atoms with Crippen LogP contribution in [0.1, 0.15) is 48.3 Å². The minimum atomic E-state index is 0.0961. The fourth-order valence-electron chi connectivity index (χ4n) is 5.65. The quantitative estimate of drug-likeness (QED) is 0.758. The van der Waals surface area contributed by atoms with Crippen LogP contribution in [0.5, 0.6) is 0 Å². The Morgan fingerprint density at radius 2 is 2.03 bits per heavy atom. The van der Waals surface area contributed by atoms with Crippen LogP contribution in [0.3, 0.4) is 0 Å². The third-order valence-corrected chi connectivity index (χ3v) is 7.69. The molecule has 31 heavy (non-hydrogen) atoms. The van der Waals surface area contributed by atoms with Gasteiger partial charge in [0.15, 0.2) is 0 Å². The van der Waals surface area contributed by atoms with Crippen molar-refractivity contribution >= 4 is 5.91 Å². The molecule has 162 valence electrons. The molecule has 7 nitrogen and oxygen atoms in total. The second kappa shape index (κ2) is 7.26. The summed E-state index contributed by atoms with van der Waals surface area (Å²) >= 11 is 0. The lowest BCUT2D eigenvalue weighted by Crippen LogP contribution is -2.44. The van der Waals surface area contributed by atoms with Crippen LogP contribution in [-0.2, 0) is 37.3 Å². The Balaban J connectivity index is 1.18. The van der Waals surface area contributed by atoms with Gasteiger partial charge in [-0.3, -0.25) is 24.0 Å². The number of carbonyl (C=O) groups excluding carboxylic acids is 1. The largest absolute Gasteiger partial charge is 0.342 e. The molecule has 5 heterocycles. The Morgan fingerprint density at radius 3 is 2.77 bits per heavy atom. The first kappa shape index (κ1) is 19.2. The molecule has 0 bridgehead atoms. The van der Waals surface area contributed by atoms with E-state index in [1.165, 1.54) is 5.56 Å². The lowest BCUT2D eigenvalue weighted by atomic mass is 9.77. The normalized spacial score (nSPS) is 22.4. The molecule has 1 saturated carbocycles. The summed E-state index contributed by atoms with van der Waals surface area (Å²) in [7, 11) is 0. The standard InChI is InChI=1S/C24H29N5O2/c30-22(18-3-4-18)28-10-6-24(7-11-28)12-21-26-20-5-9-27(14-17-2-1-8-25-13-17)15-19(20)23(31)29(21)16-24/h1-2,8,13,18H,3-7,9-12,14-16H2. The second-order valence-corrected chi connectivity index (χ2v) is 9.94. The van der Waals surface area contributed by atoms with Crippen molar-refractivity contribution in [1.29, 1.82) is 0 Å². The van der Waals surface area contributed by atoms with Crippen LogP contribution in [-0.4, -0.2) is 49.9 Å². The summed E-state index contributed by atoms with van der Waals surface area (Å²) in [6.45, 7) is 4.81. The Labute approximate surface area is 182 Å². The summed E-state index contributed by atoms with van der Waals surface area (Å²) in [5.41, 5.74) is 3.30. The van der Waals surface area contributed by atoms with E-state index in [-0.39, 0.29) is 11.0 Å². The zero-order chi connectivity index (χ0) is 21.0. The first-order valence-electron chi connectivity index (χ1n) is 11.6. The van der Waals surface area contributed by atoms with E-state index in [0.29, 0.717) is 18.4 Å². The number of nitrogens with zero attached hydrogens (tertiary/aromatic N) is 5. The van der Waals surface area contributed by atoms with Crippen molar-refractivity contribution in [2.75, 3.05) is 19.6 Å². The molecule has 0 unspecified atom stereocenters. The average Bonchev–Trinajstić information content (AvgIpc) is 3.58. The maximum Gasteiger partial charge on any atom is 0.258 e. The molecule has 2 aromatic heterocycles. The molecule has 0 aromatic carbocycles. The number of piperidine rings is 1. The molecule has 1 saturated heterocycles. The lowest BCUT2D eigenvalue weighted by molar-refractivity contribution is -0.134. The maximum absolute atomic E-state index is 13.4. The zero-order valence-electron chi connectivity index (χ0n) is 17.9. The van der Waals surface area contributed by atoms with E-state index in [0.717, 1.165) is 88.3 Å². The van der Waals surface area contributed by atoms with E-state index in [1.54, 1.807) is 6.20 Å². The van der Waals surface area contributed by atoms with Gasteiger partial charge in [0.1, 0.15) is 5.82 Å². The van der Waals surface area contributed by atoms with Gasteiger partial charge >= 0.3 is 0 Å². The van der Waals surface area contributed by atoms with Gasteiger partial charge in [-0.25, -0.2) is 4.98 Å². The summed E-state index contributed by atoms with van der Waals surface area (Å²) in [6, 6.07) is 4.04. The molecule has 0 atom stereocenters. The third-order valence-electron chi connectivity index (χ3n) is 7.69. The highest BCUT2D eigenvalue weighted by Gasteiger charge is 2.44. The molecule has 1 amide bonds. The third kappa shape index (κ3) is 3.49. The molecule has 0 radical (unpaired) electrons. The van der Waals surface area contributed by atoms with Crippen LogP contribution in [0.25, 0.3) is 0 Å². The number of likely N-dealkylation sites (tertiary alicyclic amines) is 1. The number of aromatic nitrogens is 3. The Hall–Kier alpha value is -2.54. The van der Waals surface area contributed by atoms with E-state index >= 15 is 0 Å². The van der Waals surface area contributed by atoms with Crippen LogP contribution in [0, 0.1) is 11.3 Å². The van der Waals surface area contributed by atoms with Crippen LogP contribution >= 0.6 is 0 Å². The maximum atomic E-state index is 13.4. The minimum Gasteiger partial charge on any atom is -0.342 e. The van der Waals surface area contributed by atoms with Gasteiger partial charge in [-0.2, -0.15) is 0 Å². The predicted octanol–water partition coefficient (Wildman–Crippen LogP) is 1.77. The molecule has 0 N–H and O–H groups in total. The second-order valence-electron chi connectivity index (χ2n) is 9.94. The number of fused-ring (bicyclic) bond motifs is 2. The van der Waals surface area contributed by atoms with Crippen molar-refractivity contribution in [1.82, 2.24) is 24.3 Å². The molecule has 6 rings (SSSR count). The highest BCUT2D eigenvalue weighted by Crippen LogP contribution is 2.42. The summed E-state index contributed by atoms with van der Waals surface area (Å²) in [5, 5.41) is 0. The molecule has 1 aliphatic carbocycles. The highest BCUT2D eigenvalue weighted by molar-refractivity contribution is 5.81. The van der Waals surface area contributed by atoms with Crippen LogP contribution < -0.4 is 5.56 Å². The smallest absolute Gasteiger partial charge is 0.258 e. The van der Waals surface area contributed by atoms with Gasteiger partial charge in [0, 0.05) is 70.4 Å². The molecule has 3 aliphatic heterocycles. The van der Waals surface area contributed by atoms with E-state index in [2.05, 4.69) is 20.9 Å². The first-order valence-corrected chi connectivity index (χ1v) is 11.6. The minimum absolute atomic E-state index is 0.0961. The fourth-order valence-corrected chi connectivity index (χ4v) is 5.65. The Bertz CT molecular complexity index is 1070. The van der Waals surface area contributed by atoms with E-state index in [1.807, 2.05) is 16.8 Å². The highest BCUT2D eigenvalue weighted by atomic mass is 16.2. The van der Waals surface area contributed by atoms with Gasteiger partial charge in [0.05, 0.1) is 11.3 Å². The Kier molecular flexibility index (Phi) is 4.49. The number of hydrogen-bond donors (Lipinski definition) is 0. The van der Waals surface area contributed by atoms with Crippen LogP contribution in [0.2, 0.25) is 0 Å². The fraction of sp³-hybridized carbons (Fsp3) is 0.583. The number of rotatable bonds is 3. The van der Waals surface area contributed by atoms with E-state index < -0.39 is 0 Å². The van der Waals surface area contributed by atoms with Crippen molar-refractivity contribution < 1.29 is 4.79 Å². The molecule has 7 heteroatoms. The van der Waals surface area contributed by atoms with Crippen molar-refractivity contribution in [3.8, 4) is 0 Å². The number of carbonyl (C=O) groups is 1. The van der Waals surface area contributed by atoms with E-state index in [9.17, 15) is 9.59 Å². The molecular weight excluding hydrogens is 390 g/mol. The summed E-state index contributed by atoms with van der Waals surface area (Å²) in [4.78, 5) is 39.4. The Morgan fingerprint density at radius 1 is 1.19 bits per heavy atom. The zero-order valence-corrected chi connectivity index (χ0v) is 17.9. The molecule has 1 spiro atoms. The summed E-state index contributed by atoms with van der Waals surface area (Å²) in [6.07, 6.45) is 9.47. The number of amides is 1. The van der Waals surface area contributed by atoms with Crippen molar-refractivity contribution in [3.05, 3.63) is 57.5 Å². The summed E-state index contributed by atoms with van der Waals surface area (Å²) < 4.78 is 1.95. The molecule has 4 aliphatic rings.